The predicted molar refractivity (Wildman–Crippen MR) is 49.9 cm³/mol. The summed E-state index contributed by atoms with van der Waals surface area (Å²) in [5.74, 6) is 0. The number of alkyl halides is 2. The van der Waals surface area contributed by atoms with Gasteiger partial charge < -0.3 is 4.98 Å². The third kappa shape index (κ3) is 2.19. The summed E-state index contributed by atoms with van der Waals surface area (Å²) >= 11 is 7.93. The van der Waals surface area contributed by atoms with E-state index < -0.39 is 22.8 Å². The molecule has 1 heterocycles. The first-order valence-electron chi connectivity index (χ1n) is 3.34. The van der Waals surface area contributed by atoms with Crippen molar-refractivity contribution in [3.63, 3.8) is 0 Å². The zero-order valence-corrected chi connectivity index (χ0v) is 8.82. The van der Waals surface area contributed by atoms with Gasteiger partial charge in [0, 0.05) is 4.47 Å². The van der Waals surface area contributed by atoms with Crippen LogP contribution in [0.15, 0.2) is 15.3 Å². The molecule has 0 fully saturated rings. The summed E-state index contributed by atoms with van der Waals surface area (Å²) in [6.07, 6.45) is -2.89. The Labute approximate surface area is 90.2 Å². The lowest BCUT2D eigenvalue weighted by Gasteiger charge is -2.02. The predicted octanol–water partition coefficient (Wildman–Crippen LogP) is 2.45. The van der Waals surface area contributed by atoms with Gasteiger partial charge in [0.15, 0.2) is 0 Å². The molecule has 1 aromatic rings. The third-order valence-corrected chi connectivity index (χ3v) is 2.27. The zero-order valence-electron chi connectivity index (χ0n) is 6.48. The number of aromatic nitrogens is 1. The molecule has 0 saturated heterocycles. The van der Waals surface area contributed by atoms with Gasteiger partial charge in [-0.2, -0.15) is 0 Å². The molecule has 3 nitrogen and oxygen atoms in total. The van der Waals surface area contributed by atoms with Gasteiger partial charge in [0.2, 0.25) is 0 Å². The van der Waals surface area contributed by atoms with E-state index >= 15 is 0 Å². The minimum absolute atomic E-state index is 0.0346. The van der Waals surface area contributed by atoms with E-state index in [0.29, 0.717) is 0 Å². The number of halogens is 4. The molecule has 0 saturated carbocycles. The number of aromatic amines is 1. The molecule has 0 aliphatic heterocycles. The summed E-state index contributed by atoms with van der Waals surface area (Å²) in [6.45, 7) is 0. The van der Waals surface area contributed by atoms with Crippen LogP contribution in [0.2, 0.25) is 0 Å². The molecule has 0 aromatic carbocycles. The second kappa shape index (κ2) is 4.18. The van der Waals surface area contributed by atoms with Crippen molar-refractivity contribution in [3.8, 4) is 0 Å². The monoisotopic (exact) mass is 285 g/mol. The molecule has 76 valence electrons. The molecule has 0 amide bonds. The summed E-state index contributed by atoms with van der Waals surface area (Å²) < 4.78 is 24.4. The average molecular weight is 286 g/mol. The molecular formula is C7H3BrClF2NO2. The molecule has 0 atom stereocenters. The zero-order chi connectivity index (χ0) is 10.9. The second-order valence-corrected chi connectivity index (χ2v) is 3.55. The van der Waals surface area contributed by atoms with Crippen molar-refractivity contribution in [2.45, 2.75) is 6.43 Å². The molecule has 1 N–H and O–H groups in total. The highest BCUT2D eigenvalue weighted by atomic mass is 79.9. The number of hydrogen-bond donors (Lipinski definition) is 1. The number of nitrogens with one attached hydrogen (secondary N) is 1. The summed E-state index contributed by atoms with van der Waals surface area (Å²) in [4.78, 5) is 23.6. The molecule has 0 spiro atoms. The van der Waals surface area contributed by atoms with Crippen molar-refractivity contribution in [1.29, 1.82) is 0 Å². The van der Waals surface area contributed by atoms with Gasteiger partial charge in [0.25, 0.3) is 17.2 Å². The quantitative estimate of drug-likeness (QED) is 0.849. The van der Waals surface area contributed by atoms with Crippen molar-refractivity contribution < 1.29 is 13.6 Å². The lowest BCUT2D eigenvalue weighted by molar-refractivity contribution is 0.107. The number of carbonyl (C=O) groups excluding carboxylic acids is 1. The van der Waals surface area contributed by atoms with Gasteiger partial charge >= 0.3 is 0 Å². The maximum Gasteiger partial charge on any atom is 0.269 e. The Hall–Kier alpha value is -0.750. The van der Waals surface area contributed by atoms with Crippen LogP contribution >= 0.6 is 27.5 Å². The smallest absolute Gasteiger partial charge is 0.269 e. The van der Waals surface area contributed by atoms with E-state index in [4.69, 9.17) is 11.6 Å². The van der Waals surface area contributed by atoms with Crippen LogP contribution in [0, 0.1) is 0 Å². The van der Waals surface area contributed by atoms with Gasteiger partial charge in [-0.3, -0.25) is 9.59 Å². The Kier molecular flexibility index (Phi) is 3.38. The fourth-order valence-electron chi connectivity index (χ4n) is 0.825. The summed E-state index contributed by atoms with van der Waals surface area (Å²) in [5, 5.41) is -0.921. The van der Waals surface area contributed by atoms with Crippen molar-refractivity contribution in [2.24, 2.45) is 0 Å². The van der Waals surface area contributed by atoms with Gasteiger partial charge in [-0.1, -0.05) is 0 Å². The lowest BCUT2D eigenvalue weighted by Crippen LogP contribution is -2.16. The first kappa shape index (κ1) is 11.3. The molecule has 1 aromatic heterocycles. The van der Waals surface area contributed by atoms with E-state index in [2.05, 4.69) is 15.9 Å². The van der Waals surface area contributed by atoms with E-state index in [1.165, 1.54) is 0 Å². The Balaban J connectivity index is 3.39. The Bertz CT molecular complexity index is 432. The SMILES string of the molecule is O=C(Cl)c1[nH]c(=O)c(C(F)F)cc1Br. The molecule has 0 radical (unpaired) electrons. The molecule has 0 aliphatic rings. The largest absolute Gasteiger partial charge is 0.317 e. The van der Waals surface area contributed by atoms with Crippen LogP contribution in [0.25, 0.3) is 0 Å². The van der Waals surface area contributed by atoms with Crippen LogP contribution in [-0.4, -0.2) is 10.2 Å². The molecule has 14 heavy (non-hydrogen) atoms. The summed E-state index contributed by atoms with van der Waals surface area (Å²) in [6, 6.07) is 0.874. The molecular weight excluding hydrogens is 283 g/mol. The van der Waals surface area contributed by atoms with E-state index in [-0.39, 0.29) is 10.2 Å². The van der Waals surface area contributed by atoms with Crippen molar-refractivity contribution >= 4 is 32.8 Å². The van der Waals surface area contributed by atoms with E-state index in [1.807, 2.05) is 4.98 Å². The average Bonchev–Trinajstić information content (AvgIpc) is 2.07. The normalized spacial score (nSPS) is 10.6. The topological polar surface area (TPSA) is 49.9 Å². The van der Waals surface area contributed by atoms with Gasteiger partial charge in [0.05, 0.1) is 5.56 Å². The first-order valence-corrected chi connectivity index (χ1v) is 4.51. The fourth-order valence-corrected chi connectivity index (χ4v) is 1.61. The number of H-pyrrole nitrogens is 1. The summed E-state index contributed by atoms with van der Waals surface area (Å²) in [5.41, 5.74) is -1.97. The number of carbonyl (C=O) groups is 1. The lowest BCUT2D eigenvalue weighted by atomic mass is 10.2. The molecule has 7 heteroatoms. The Morgan fingerprint density at radius 3 is 2.57 bits per heavy atom. The van der Waals surface area contributed by atoms with Crippen molar-refractivity contribution in [1.82, 2.24) is 4.98 Å². The Morgan fingerprint density at radius 1 is 1.57 bits per heavy atom. The Morgan fingerprint density at radius 2 is 2.14 bits per heavy atom. The molecule has 1 rings (SSSR count). The third-order valence-electron chi connectivity index (χ3n) is 1.45. The molecule has 0 unspecified atom stereocenters. The number of hydrogen-bond acceptors (Lipinski definition) is 2. The first-order chi connectivity index (χ1) is 6.43. The van der Waals surface area contributed by atoms with E-state index in [0.717, 1.165) is 6.07 Å². The van der Waals surface area contributed by atoms with Crippen LogP contribution < -0.4 is 5.56 Å². The van der Waals surface area contributed by atoms with Gasteiger partial charge in [-0.15, -0.1) is 0 Å². The standard InChI is InChI=1S/C7H3BrClF2NO2/c8-3-1-2(6(10)11)7(14)12-4(3)5(9)13/h1,6H,(H,12,14). The van der Waals surface area contributed by atoms with Crippen LogP contribution in [0.4, 0.5) is 8.78 Å². The number of pyridine rings is 1. The van der Waals surface area contributed by atoms with Crippen LogP contribution in [0.3, 0.4) is 0 Å². The van der Waals surface area contributed by atoms with E-state index in [1.54, 1.807) is 0 Å². The fraction of sp³-hybridized carbons (Fsp3) is 0.143. The highest BCUT2D eigenvalue weighted by molar-refractivity contribution is 9.10. The van der Waals surface area contributed by atoms with E-state index in [9.17, 15) is 18.4 Å². The van der Waals surface area contributed by atoms with Crippen molar-refractivity contribution in [2.75, 3.05) is 0 Å². The van der Waals surface area contributed by atoms with Crippen LogP contribution in [0.5, 0.6) is 0 Å². The maximum atomic E-state index is 12.2. The minimum Gasteiger partial charge on any atom is -0.317 e. The molecule has 0 aliphatic carbocycles. The van der Waals surface area contributed by atoms with Crippen molar-refractivity contribution in [3.05, 3.63) is 32.2 Å². The summed E-state index contributed by atoms with van der Waals surface area (Å²) in [7, 11) is 0. The second-order valence-electron chi connectivity index (χ2n) is 2.35. The minimum atomic E-state index is -2.89. The van der Waals surface area contributed by atoms with Gasteiger partial charge in [-0.25, -0.2) is 8.78 Å². The van der Waals surface area contributed by atoms with Crippen LogP contribution in [-0.2, 0) is 0 Å². The number of rotatable bonds is 2. The van der Waals surface area contributed by atoms with Gasteiger partial charge in [0.1, 0.15) is 5.69 Å². The molecule has 0 bridgehead atoms. The highest BCUT2D eigenvalue weighted by Gasteiger charge is 2.17. The highest BCUT2D eigenvalue weighted by Crippen LogP contribution is 2.21. The maximum absolute atomic E-state index is 12.2. The van der Waals surface area contributed by atoms with Crippen LogP contribution in [0.1, 0.15) is 22.5 Å². The van der Waals surface area contributed by atoms with Gasteiger partial charge in [-0.05, 0) is 33.6 Å².